The highest BCUT2D eigenvalue weighted by Gasteiger charge is 2.10. The van der Waals surface area contributed by atoms with Crippen LogP contribution in [-0.4, -0.2) is 36.3 Å². The number of hydrogen-bond donors (Lipinski definition) is 1. The number of aliphatic hydroxyl groups is 1. The summed E-state index contributed by atoms with van der Waals surface area (Å²) in [5.41, 5.74) is 2.25. The number of hydrogen-bond acceptors (Lipinski definition) is 3. The Labute approximate surface area is 90.3 Å². The van der Waals surface area contributed by atoms with Crippen LogP contribution in [0.25, 0.3) is 0 Å². The van der Waals surface area contributed by atoms with Gasteiger partial charge in [0.1, 0.15) is 0 Å². The average molecular weight is 207 g/mol. The van der Waals surface area contributed by atoms with Gasteiger partial charge in [-0.25, -0.2) is 0 Å². The molecular formula is C12H17NO2. The summed E-state index contributed by atoms with van der Waals surface area (Å²) in [4.78, 5) is 2.37. The third-order valence-corrected chi connectivity index (χ3v) is 2.68. The zero-order valence-electron chi connectivity index (χ0n) is 8.85. The normalized spacial score (nSPS) is 17.9. The van der Waals surface area contributed by atoms with E-state index in [0.717, 1.165) is 38.4 Å². The van der Waals surface area contributed by atoms with E-state index in [4.69, 9.17) is 9.84 Å². The minimum Gasteiger partial charge on any atom is -0.392 e. The van der Waals surface area contributed by atoms with Crippen molar-refractivity contribution in [3.05, 3.63) is 35.4 Å². The monoisotopic (exact) mass is 207 g/mol. The van der Waals surface area contributed by atoms with Gasteiger partial charge in [0.15, 0.2) is 0 Å². The predicted molar refractivity (Wildman–Crippen MR) is 58.5 cm³/mol. The van der Waals surface area contributed by atoms with E-state index in [9.17, 15) is 0 Å². The average Bonchev–Trinajstić information content (AvgIpc) is 2.31. The van der Waals surface area contributed by atoms with Gasteiger partial charge in [-0.2, -0.15) is 0 Å². The summed E-state index contributed by atoms with van der Waals surface area (Å²) in [6.45, 7) is 4.75. The van der Waals surface area contributed by atoms with Crippen LogP contribution in [0.2, 0.25) is 0 Å². The number of benzene rings is 1. The van der Waals surface area contributed by atoms with Gasteiger partial charge in [0.25, 0.3) is 0 Å². The van der Waals surface area contributed by atoms with Crippen LogP contribution in [0.4, 0.5) is 0 Å². The lowest BCUT2D eigenvalue weighted by Gasteiger charge is -2.26. The Morgan fingerprint density at radius 2 is 1.93 bits per heavy atom. The molecule has 1 aromatic carbocycles. The summed E-state index contributed by atoms with van der Waals surface area (Å²) in [7, 11) is 0. The van der Waals surface area contributed by atoms with Crippen LogP contribution in [0.15, 0.2) is 24.3 Å². The molecule has 1 aromatic rings. The van der Waals surface area contributed by atoms with Gasteiger partial charge < -0.3 is 9.84 Å². The smallest absolute Gasteiger partial charge is 0.0681 e. The van der Waals surface area contributed by atoms with Crippen LogP contribution in [-0.2, 0) is 17.9 Å². The molecular weight excluding hydrogens is 190 g/mol. The van der Waals surface area contributed by atoms with Crippen LogP contribution in [0.5, 0.6) is 0 Å². The molecule has 15 heavy (non-hydrogen) atoms. The second-order valence-corrected chi connectivity index (χ2v) is 3.87. The summed E-state index contributed by atoms with van der Waals surface area (Å²) < 4.78 is 5.30. The van der Waals surface area contributed by atoms with Crippen molar-refractivity contribution in [2.75, 3.05) is 26.3 Å². The Morgan fingerprint density at radius 3 is 2.67 bits per heavy atom. The zero-order chi connectivity index (χ0) is 10.5. The molecule has 1 aliphatic heterocycles. The molecule has 0 bridgehead atoms. The molecule has 3 nitrogen and oxygen atoms in total. The van der Waals surface area contributed by atoms with Crippen LogP contribution in [0.1, 0.15) is 11.1 Å². The van der Waals surface area contributed by atoms with Gasteiger partial charge in [-0.3, -0.25) is 4.90 Å². The van der Waals surface area contributed by atoms with Gasteiger partial charge in [0.2, 0.25) is 0 Å². The first kappa shape index (κ1) is 10.6. The van der Waals surface area contributed by atoms with Crippen LogP contribution >= 0.6 is 0 Å². The van der Waals surface area contributed by atoms with Crippen LogP contribution in [0, 0.1) is 0 Å². The molecule has 0 atom stereocenters. The number of nitrogens with zero attached hydrogens (tertiary/aromatic N) is 1. The largest absolute Gasteiger partial charge is 0.392 e. The van der Waals surface area contributed by atoms with E-state index in [0.29, 0.717) is 0 Å². The third-order valence-electron chi connectivity index (χ3n) is 2.68. The summed E-state index contributed by atoms with van der Waals surface area (Å²) in [5, 5.41) is 9.03. The molecule has 1 N–H and O–H groups in total. The molecule has 0 unspecified atom stereocenters. The van der Waals surface area contributed by atoms with Crippen molar-refractivity contribution in [3.8, 4) is 0 Å². The lowest BCUT2D eigenvalue weighted by atomic mass is 10.1. The van der Waals surface area contributed by atoms with Crippen LogP contribution in [0.3, 0.4) is 0 Å². The van der Waals surface area contributed by atoms with Gasteiger partial charge in [-0.15, -0.1) is 0 Å². The lowest BCUT2D eigenvalue weighted by molar-refractivity contribution is 0.0342. The highest BCUT2D eigenvalue weighted by molar-refractivity contribution is 5.22. The number of morpholine rings is 1. The minimum absolute atomic E-state index is 0.122. The Morgan fingerprint density at radius 1 is 1.20 bits per heavy atom. The summed E-state index contributed by atoms with van der Waals surface area (Å²) in [6, 6.07) is 8.12. The maximum Gasteiger partial charge on any atom is 0.0681 e. The highest BCUT2D eigenvalue weighted by Crippen LogP contribution is 2.09. The van der Waals surface area contributed by atoms with Gasteiger partial charge in [0, 0.05) is 19.6 Å². The number of rotatable bonds is 3. The first-order chi connectivity index (χ1) is 7.38. The standard InChI is InChI=1S/C12H17NO2/c14-10-12-3-1-2-11(8-12)9-13-4-6-15-7-5-13/h1-3,8,14H,4-7,9-10H2. The molecule has 1 aliphatic rings. The molecule has 0 aliphatic carbocycles. The van der Waals surface area contributed by atoms with E-state index in [-0.39, 0.29) is 6.61 Å². The lowest BCUT2D eigenvalue weighted by Crippen LogP contribution is -2.35. The molecule has 2 rings (SSSR count). The molecule has 0 radical (unpaired) electrons. The molecule has 82 valence electrons. The molecule has 0 amide bonds. The quantitative estimate of drug-likeness (QED) is 0.803. The predicted octanol–water partition coefficient (Wildman–Crippen LogP) is 1.01. The molecule has 1 saturated heterocycles. The van der Waals surface area contributed by atoms with Crippen molar-refractivity contribution in [1.82, 2.24) is 4.90 Å². The van der Waals surface area contributed by atoms with E-state index in [1.54, 1.807) is 0 Å². The van der Waals surface area contributed by atoms with Crippen molar-refractivity contribution in [2.45, 2.75) is 13.2 Å². The fourth-order valence-corrected chi connectivity index (χ4v) is 1.84. The van der Waals surface area contributed by atoms with Crippen molar-refractivity contribution in [3.63, 3.8) is 0 Å². The van der Waals surface area contributed by atoms with Gasteiger partial charge in [-0.05, 0) is 11.1 Å². The maximum absolute atomic E-state index is 9.03. The zero-order valence-corrected chi connectivity index (χ0v) is 8.85. The molecule has 1 fully saturated rings. The second-order valence-electron chi connectivity index (χ2n) is 3.87. The number of aliphatic hydroxyl groups excluding tert-OH is 1. The molecule has 0 saturated carbocycles. The molecule has 0 spiro atoms. The maximum atomic E-state index is 9.03. The van der Waals surface area contributed by atoms with Gasteiger partial charge in [-0.1, -0.05) is 24.3 Å². The second kappa shape index (κ2) is 5.26. The first-order valence-electron chi connectivity index (χ1n) is 5.37. The SMILES string of the molecule is OCc1cccc(CN2CCOCC2)c1. The summed E-state index contributed by atoms with van der Waals surface area (Å²) >= 11 is 0. The Kier molecular flexibility index (Phi) is 3.72. The third kappa shape index (κ3) is 3.02. The van der Waals surface area contributed by atoms with Gasteiger partial charge in [0.05, 0.1) is 19.8 Å². The van der Waals surface area contributed by atoms with Crippen LogP contribution < -0.4 is 0 Å². The van der Waals surface area contributed by atoms with Crippen molar-refractivity contribution < 1.29 is 9.84 Å². The summed E-state index contributed by atoms with van der Waals surface area (Å²) in [6.07, 6.45) is 0. The topological polar surface area (TPSA) is 32.7 Å². The highest BCUT2D eigenvalue weighted by atomic mass is 16.5. The van der Waals surface area contributed by atoms with E-state index in [1.165, 1.54) is 5.56 Å². The van der Waals surface area contributed by atoms with Crippen molar-refractivity contribution >= 4 is 0 Å². The fraction of sp³-hybridized carbons (Fsp3) is 0.500. The van der Waals surface area contributed by atoms with E-state index < -0.39 is 0 Å². The fourth-order valence-electron chi connectivity index (χ4n) is 1.84. The molecule has 3 heteroatoms. The van der Waals surface area contributed by atoms with E-state index in [1.807, 2.05) is 12.1 Å². The van der Waals surface area contributed by atoms with Crippen molar-refractivity contribution in [1.29, 1.82) is 0 Å². The molecule has 0 aromatic heterocycles. The molecule has 1 heterocycles. The minimum atomic E-state index is 0.122. The van der Waals surface area contributed by atoms with E-state index >= 15 is 0 Å². The van der Waals surface area contributed by atoms with Gasteiger partial charge >= 0.3 is 0 Å². The Balaban J connectivity index is 1.96. The Bertz CT molecular complexity index is 308. The Hall–Kier alpha value is -0.900. The van der Waals surface area contributed by atoms with Crippen molar-refractivity contribution in [2.24, 2.45) is 0 Å². The summed E-state index contributed by atoms with van der Waals surface area (Å²) in [5.74, 6) is 0. The first-order valence-corrected chi connectivity index (χ1v) is 5.37. The number of ether oxygens (including phenoxy) is 1. The van der Waals surface area contributed by atoms with E-state index in [2.05, 4.69) is 17.0 Å².